The van der Waals surface area contributed by atoms with Crippen LogP contribution in [0.4, 0.5) is 5.69 Å². The highest BCUT2D eigenvalue weighted by Gasteiger charge is 2.03. The van der Waals surface area contributed by atoms with Gasteiger partial charge in [0.05, 0.1) is 11.3 Å². The summed E-state index contributed by atoms with van der Waals surface area (Å²) in [6, 6.07) is 7.71. The molecule has 1 amide bonds. The van der Waals surface area contributed by atoms with Gasteiger partial charge in [0, 0.05) is 20.0 Å². The second kappa shape index (κ2) is 5.76. The number of anilines is 1. The van der Waals surface area contributed by atoms with Crippen LogP contribution in [0.15, 0.2) is 18.2 Å². The molecule has 4 nitrogen and oxygen atoms in total. The molecule has 0 bridgehead atoms. The number of para-hydroxylation sites is 1. The number of hydrogen-bond acceptors (Lipinski definition) is 3. The summed E-state index contributed by atoms with van der Waals surface area (Å²) in [7, 11) is 0. The van der Waals surface area contributed by atoms with Crippen molar-refractivity contribution < 1.29 is 4.79 Å². The maximum absolute atomic E-state index is 10.7. The van der Waals surface area contributed by atoms with Crippen molar-refractivity contribution in [3.8, 4) is 6.07 Å². The molecule has 84 valence electrons. The van der Waals surface area contributed by atoms with E-state index in [0.29, 0.717) is 18.7 Å². The van der Waals surface area contributed by atoms with Crippen molar-refractivity contribution in [2.45, 2.75) is 13.8 Å². The number of hydrogen-bond donors (Lipinski definition) is 2. The number of rotatable bonds is 4. The Kier molecular flexibility index (Phi) is 4.34. The summed E-state index contributed by atoms with van der Waals surface area (Å²) >= 11 is 0. The topological polar surface area (TPSA) is 64.9 Å². The van der Waals surface area contributed by atoms with Crippen molar-refractivity contribution >= 4 is 11.6 Å². The van der Waals surface area contributed by atoms with E-state index in [2.05, 4.69) is 16.7 Å². The molecule has 1 aromatic carbocycles. The van der Waals surface area contributed by atoms with Crippen LogP contribution in [0.5, 0.6) is 0 Å². The summed E-state index contributed by atoms with van der Waals surface area (Å²) in [5.41, 5.74) is 2.50. The number of nitrogens with zero attached hydrogens (tertiary/aromatic N) is 1. The first-order chi connectivity index (χ1) is 7.65. The molecule has 0 heterocycles. The SMILES string of the molecule is CC(=O)NCCNc1c(C)cccc1C#N. The van der Waals surface area contributed by atoms with Crippen LogP contribution in [0.25, 0.3) is 0 Å². The van der Waals surface area contributed by atoms with Gasteiger partial charge in [0.15, 0.2) is 0 Å². The third-order valence-corrected chi connectivity index (χ3v) is 2.19. The van der Waals surface area contributed by atoms with E-state index in [1.165, 1.54) is 6.92 Å². The van der Waals surface area contributed by atoms with E-state index in [1.807, 2.05) is 19.1 Å². The molecule has 1 aromatic rings. The van der Waals surface area contributed by atoms with E-state index in [9.17, 15) is 4.79 Å². The van der Waals surface area contributed by atoms with Crippen molar-refractivity contribution in [3.63, 3.8) is 0 Å². The zero-order valence-corrected chi connectivity index (χ0v) is 9.50. The smallest absolute Gasteiger partial charge is 0.216 e. The van der Waals surface area contributed by atoms with Crippen LogP contribution < -0.4 is 10.6 Å². The van der Waals surface area contributed by atoms with Crippen molar-refractivity contribution in [2.24, 2.45) is 0 Å². The molecule has 0 saturated carbocycles. The summed E-state index contributed by atoms with van der Waals surface area (Å²) in [6.45, 7) is 4.59. The third kappa shape index (κ3) is 3.28. The Morgan fingerprint density at radius 2 is 2.19 bits per heavy atom. The number of nitriles is 1. The van der Waals surface area contributed by atoms with Gasteiger partial charge in [-0.15, -0.1) is 0 Å². The van der Waals surface area contributed by atoms with Gasteiger partial charge < -0.3 is 10.6 Å². The Labute approximate surface area is 95.3 Å². The minimum Gasteiger partial charge on any atom is -0.382 e. The molecule has 0 aromatic heterocycles. The minimum absolute atomic E-state index is 0.0490. The van der Waals surface area contributed by atoms with Crippen LogP contribution in [-0.2, 0) is 4.79 Å². The normalized spacial score (nSPS) is 9.31. The quantitative estimate of drug-likeness (QED) is 0.749. The van der Waals surface area contributed by atoms with Crippen molar-refractivity contribution in [3.05, 3.63) is 29.3 Å². The van der Waals surface area contributed by atoms with Crippen LogP contribution in [0.2, 0.25) is 0 Å². The molecule has 0 atom stereocenters. The Morgan fingerprint density at radius 1 is 1.44 bits per heavy atom. The predicted molar refractivity (Wildman–Crippen MR) is 63.1 cm³/mol. The van der Waals surface area contributed by atoms with E-state index in [0.717, 1.165) is 11.3 Å². The van der Waals surface area contributed by atoms with Gasteiger partial charge in [-0.05, 0) is 18.6 Å². The lowest BCUT2D eigenvalue weighted by Gasteiger charge is -2.11. The molecule has 4 heteroatoms. The lowest BCUT2D eigenvalue weighted by molar-refractivity contribution is -0.118. The zero-order valence-electron chi connectivity index (χ0n) is 9.50. The number of aryl methyl sites for hydroxylation is 1. The molecular weight excluding hydrogens is 202 g/mol. The summed E-state index contributed by atoms with van der Waals surface area (Å²) in [5.74, 6) is -0.0490. The van der Waals surface area contributed by atoms with Crippen LogP contribution >= 0.6 is 0 Å². The van der Waals surface area contributed by atoms with Gasteiger partial charge in [-0.1, -0.05) is 12.1 Å². The molecule has 0 aliphatic carbocycles. The highest BCUT2D eigenvalue weighted by atomic mass is 16.1. The largest absolute Gasteiger partial charge is 0.382 e. The van der Waals surface area contributed by atoms with Crippen LogP contribution in [0.1, 0.15) is 18.1 Å². The highest BCUT2D eigenvalue weighted by Crippen LogP contribution is 2.18. The van der Waals surface area contributed by atoms with E-state index >= 15 is 0 Å². The first kappa shape index (κ1) is 12.1. The summed E-state index contributed by atoms with van der Waals surface area (Å²) in [4.78, 5) is 10.7. The molecule has 0 aliphatic heterocycles. The first-order valence-electron chi connectivity index (χ1n) is 5.13. The highest BCUT2D eigenvalue weighted by molar-refractivity contribution is 5.72. The van der Waals surface area contributed by atoms with E-state index in [4.69, 9.17) is 5.26 Å². The minimum atomic E-state index is -0.0490. The fraction of sp³-hybridized carbons (Fsp3) is 0.333. The molecule has 16 heavy (non-hydrogen) atoms. The fourth-order valence-corrected chi connectivity index (χ4v) is 1.42. The zero-order chi connectivity index (χ0) is 12.0. The van der Waals surface area contributed by atoms with Gasteiger partial charge in [0.25, 0.3) is 0 Å². The average Bonchev–Trinajstić information content (AvgIpc) is 2.25. The molecule has 2 N–H and O–H groups in total. The Bertz CT molecular complexity index is 421. The third-order valence-electron chi connectivity index (χ3n) is 2.19. The Hall–Kier alpha value is -2.02. The molecule has 1 rings (SSSR count). The molecule has 0 fully saturated rings. The maximum atomic E-state index is 10.7. The van der Waals surface area contributed by atoms with Crippen molar-refractivity contribution in [1.29, 1.82) is 5.26 Å². The number of amides is 1. The van der Waals surface area contributed by atoms with Crippen LogP contribution in [-0.4, -0.2) is 19.0 Å². The maximum Gasteiger partial charge on any atom is 0.216 e. The Balaban J connectivity index is 2.60. The predicted octanol–water partition coefficient (Wildman–Crippen LogP) is 1.41. The van der Waals surface area contributed by atoms with Crippen LogP contribution in [0, 0.1) is 18.3 Å². The second-order valence-electron chi connectivity index (χ2n) is 3.52. The molecule has 0 unspecified atom stereocenters. The first-order valence-corrected chi connectivity index (χ1v) is 5.13. The monoisotopic (exact) mass is 217 g/mol. The summed E-state index contributed by atoms with van der Waals surface area (Å²) in [6.07, 6.45) is 0. The van der Waals surface area contributed by atoms with Crippen LogP contribution in [0.3, 0.4) is 0 Å². The van der Waals surface area contributed by atoms with E-state index in [-0.39, 0.29) is 5.91 Å². The Morgan fingerprint density at radius 3 is 2.81 bits per heavy atom. The number of benzene rings is 1. The molecular formula is C12H15N3O. The fourth-order valence-electron chi connectivity index (χ4n) is 1.42. The summed E-state index contributed by atoms with van der Waals surface area (Å²) in [5, 5.41) is 14.8. The standard InChI is InChI=1S/C12H15N3O/c1-9-4-3-5-11(8-13)12(9)15-7-6-14-10(2)16/h3-5,15H,6-7H2,1-2H3,(H,14,16). The van der Waals surface area contributed by atoms with Gasteiger partial charge in [0.1, 0.15) is 6.07 Å². The van der Waals surface area contributed by atoms with Crippen molar-refractivity contribution in [1.82, 2.24) is 5.32 Å². The molecule has 0 spiro atoms. The van der Waals surface area contributed by atoms with Gasteiger partial charge in [-0.25, -0.2) is 0 Å². The van der Waals surface area contributed by atoms with E-state index in [1.54, 1.807) is 6.07 Å². The van der Waals surface area contributed by atoms with Crippen molar-refractivity contribution in [2.75, 3.05) is 18.4 Å². The molecule has 0 radical (unpaired) electrons. The lowest BCUT2D eigenvalue weighted by atomic mass is 10.1. The number of carbonyl (C=O) groups excluding carboxylic acids is 1. The van der Waals surface area contributed by atoms with Gasteiger partial charge in [0.2, 0.25) is 5.91 Å². The average molecular weight is 217 g/mol. The van der Waals surface area contributed by atoms with E-state index < -0.39 is 0 Å². The second-order valence-corrected chi connectivity index (χ2v) is 3.52. The summed E-state index contributed by atoms with van der Waals surface area (Å²) < 4.78 is 0. The number of nitrogens with one attached hydrogen (secondary N) is 2. The molecule has 0 saturated heterocycles. The number of carbonyl (C=O) groups is 1. The molecule has 0 aliphatic rings. The van der Waals surface area contributed by atoms with Gasteiger partial charge in [-0.3, -0.25) is 4.79 Å². The van der Waals surface area contributed by atoms with Gasteiger partial charge in [-0.2, -0.15) is 5.26 Å². The van der Waals surface area contributed by atoms with Gasteiger partial charge >= 0.3 is 0 Å². The lowest BCUT2D eigenvalue weighted by Crippen LogP contribution is -2.26.